The van der Waals surface area contributed by atoms with Gasteiger partial charge in [0.15, 0.2) is 0 Å². The van der Waals surface area contributed by atoms with Crippen LogP contribution in [0, 0.1) is 12.8 Å². The largest absolute Gasteiger partial charge is 0.481 e. The first kappa shape index (κ1) is 20.0. The lowest BCUT2D eigenvalue weighted by Gasteiger charge is -2.45. The fourth-order valence-electron chi connectivity index (χ4n) is 5.25. The van der Waals surface area contributed by atoms with E-state index in [1.54, 1.807) is 0 Å². The molecule has 0 radical (unpaired) electrons. The number of anilines is 1. The highest BCUT2D eigenvalue weighted by Crippen LogP contribution is 2.38. The summed E-state index contributed by atoms with van der Waals surface area (Å²) in [6.45, 7) is 4.30. The molecule has 1 aliphatic heterocycles. The lowest BCUT2D eigenvalue weighted by Crippen LogP contribution is -2.50. The minimum atomic E-state index is -0.630. The fraction of sp³-hybridized carbons (Fsp3) is 0.480. The maximum atomic E-state index is 11.7. The first-order valence-corrected chi connectivity index (χ1v) is 11.0. The summed E-state index contributed by atoms with van der Waals surface area (Å²) in [5.74, 6) is -0.842. The van der Waals surface area contributed by atoms with Gasteiger partial charge >= 0.3 is 5.97 Å². The van der Waals surface area contributed by atoms with Gasteiger partial charge in [0.25, 0.3) is 0 Å². The standard InChI is InChI=1S/C25H32N2O2/c1-18-23(19-7-3-2-4-8-19)11-6-12-24(18)27(21-13-15-26-16-14-21)22-10-5-9-20(17-22)25(28)29/h2-4,6-8,11-12,20-22,26H,5,9-10,13-17H2,1H3,(H,28,29). The van der Waals surface area contributed by atoms with Gasteiger partial charge in [-0.3, -0.25) is 4.79 Å². The number of aliphatic carboxylic acids is 1. The topological polar surface area (TPSA) is 52.6 Å². The number of hydrogen-bond donors (Lipinski definition) is 2. The van der Waals surface area contributed by atoms with E-state index in [0.29, 0.717) is 12.1 Å². The molecular weight excluding hydrogens is 360 g/mol. The van der Waals surface area contributed by atoms with Crippen molar-refractivity contribution in [3.05, 3.63) is 54.1 Å². The van der Waals surface area contributed by atoms with Gasteiger partial charge in [0.1, 0.15) is 0 Å². The van der Waals surface area contributed by atoms with Crippen molar-refractivity contribution in [2.75, 3.05) is 18.0 Å². The zero-order chi connectivity index (χ0) is 20.2. The molecule has 1 saturated carbocycles. The Morgan fingerprint density at radius 2 is 1.72 bits per heavy atom. The molecule has 2 aromatic rings. The SMILES string of the molecule is Cc1c(-c2ccccc2)cccc1N(C1CCNCC1)C1CCCC(C(=O)O)C1. The number of carboxylic acid groups (broad SMARTS) is 1. The van der Waals surface area contributed by atoms with Crippen molar-refractivity contribution in [2.45, 2.75) is 57.5 Å². The molecular formula is C25H32N2O2. The second-order valence-corrected chi connectivity index (χ2v) is 8.56. The van der Waals surface area contributed by atoms with Crippen LogP contribution in [0.1, 0.15) is 44.1 Å². The number of piperidine rings is 1. The molecule has 0 aromatic heterocycles. The third kappa shape index (κ3) is 4.32. The first-order chi connectivity index (χ1) is 14.1. The van der Waals surface area contributed by atoms with E-state index < -0.39 is 5.97 Å². The van der Waals surface area contributed by atoms with Crippen molar-refractivity contribution < 1.29 is 9.90 Å². The minimum absolute atomic E-state index is 0.212. The summed E-state index contributed by atoms with van der Waals surface area (Å²) in [5.41, 5.74) is 5.10. The van der Waals surface area contributed by atoms with Crippen molar-refractivity contribution in [1.82, 2.24) is 5.32 Å². The molecule has 2 N–H and O–H groups in total. The Balaban J connectivity index is 1.72. The average molecular weight is 393 g/mol. The monoisotopic (exact) mass is 392 g/mol. The summed E-state index contributed by atoms with van der Waals surface area (Å²) in [5, 5.41) is 13.1. The molecule has 1 heterocycles. The smallest absolute Gasteiger partial charge is 0.306 e. The Labute approximate surface area is 173 Å². The Kier molecular flexibility index (Phi) is 6.19. The van der Waals surface area contributed by atoms with Gasteiger partial charge in [0.05, 0.1) is 5.92 Å². The molecule has 4 nitrogen and oxygen atoms in total. The average Bonchev–Trinajstić information content (AvgIpc) is 2.77. The summed E-state index contributed by atoms with van der Waals surface area (Å²) in [6.07, 6.45) is 5.89. The molecule has 0 amide bonds. The number of nitrogens with one attached hydrogen (secondary N) is 1. The van der Waals surface area contributed by atoms with E-state index in [1.807, 2.05) is 0 Å². The van der Waals surface area contributed by atoms with Crippen LogP contribution in [0.3, 0.4) is 0 Å². The second kappa shape index (κ2) is 9.00. The van der Waals surface area contributed by atoms with Gasteiger partial charge in [0.2, 0.25) is 0 Å². The second-order valence-electron chi connectivity index (χ2n) is 8.56. The van der Waals surface area contributed by atoms with Gasteiger partial charge in [-0.05, 0) is 74.9 Å². The van der Waals surface area contributed by atoms with E-state index in [4.69, 9.17) is 0 Å². The van der Waals surface area contributed by atoms with E-state index in [9.17, 15) is 9.90 Å². The number of rotatable bonds is 5. The molecule has 4 heteroatoms. The number of benzene rings is 2. The molecule has 2 fully saturated rings. The third-order valence-corrected chi connectivity index (χ3v) is 6.76. The van der Waals surface area contributed by atoms with Crippen molar-refractivity contribution in [3.8, 4) is 11.1 Å². The van der Waals surface area contributed by atoms with Crippen LogP contribution in [0.25, 0.3) is 11.1 Å². The molecule has 2 atom stereocenters. The number of hydrogen-bond acceptors (Lipinski definition) is 3. The predicted octanol–water partition coefficient (Wildman–Crippen LogP) is 4.86. The van der Waals surface area contributed by atoms with Crippen molar-refractivity contribution >= 4 is 11.7 Å². The van der Waals surface area contributed by atoms with Crippen LogP contribution in [0.2, 0.25) is 0 Å². The van der Waals surface area contributed by atoms with Crippen LogP contribution in [0.5, 0.6) is 0 Å². The van der Waals surface area contributed by atoms with E-state index in [1.165, 1.54) is 22.4 Å². The normalized spacial score (nSPS) is 22.9. The maximum absolute atomic E-state index is 11.7. The minimum Gasteiger partial charge on any atom is -0.481 e. The lowest BCUT2D eigenvalue weighted by atomic mass is 9.83. The summed E-state index contributed by atoms with van der Waals surface area (Å²) in [4.78, 5) is 14.3. The van der Waals surface area contributed by atoms with Gasteiger partial charge in [-0.2, -0.15) is 0 Å². The molecule has 0 bridgehead atoms. The Morgan fingerprint density at radius 3 is 2.45 bits per heavy atom. The molecule has 2 aliphatic rings. The van der Waals surface area contributed by atoms with Crippen LogP contribution < -0.4 is 10.2 Å². The van der Waals surface area contributed by atoms with Gasteiger partial charge in [-0.15, -0.1) is 0 Å². The summed E-state index contributed by atoms with van der Waals surface area (Å²) >= 11 is 0. The van der Waals surface area contributed by atoms with E-state index >= 15 is 0 Å². The quantitative estimate of drug-likeness (QED) is 0.763. The number of carbonyl (C=O) groups is 1. The Morgan fingerprint density at radius 1 is 0.966 bits per heavy atom. The van der Waals surface area contributed by atoms with Crippen molar-refractivity contribution in [2.24, 2.45) is 5.92 Å². The lowest BCUT2D eigenvalue weighted by molar-refractivity contribution is -0.143. The molecule has 1 saturated heterocycles. The van der Waals surface area contributed by atoms with Crippen LogP contribution in [-0.4, -0.2) is 36.2 Å². The highest BCUT2D eigenvalue weighted by molar-refractivity contribution is 5.75. The van der Waals surface area contributed by atoms with Crippen LogP contribution in [-0.2, 0) is 4.79 Å². The fourth-order valence-corrected chi connectivity index (χ4v) is 5.25. The highest BCUT2D eigenvalue weighted by Gasteiger charge is 2.35. The van der Waals surface area contributed by atoms with Gasteiger partial charge in [0, 0.05) is 17.8 Å². The van der Waals surface area contributed by atoms with Crippen LogP contribution >= 0.6 is 0 Å². The molecule has 154 valence electrons. The number of carboxylic acids is 1. The zero-order valence-corrected chi connectivity index (χ0v) is 17.3. The molecule has 0 spiro atoms. The Bertz CT molecular complexity index is 830. The molecule has 29 heavy (non-hydrogen) atoms. The zero-order valence-electron chi connectivity index (χ0n) is 17.3. The van der Waals surface area contributed by atoms with Crippen LogP contribution in [0.4, 0.5) is 5.69 Å². The van der Waals surface area contributed by atoms with Gasteiger partial charge in [-0.1, -0.05) is 48.9 Å². The molecule has 4 rings (SSSR count). The summed E-state index contributed by atoms with van der Waals surface area (Å²) in [7, 11) is 0. The summed E-state index contributed by atoms with van der Waals surface area (Å²) < 4.78 is 0. The molecule has 1 aliphatic carbocycles. The third-order valence-electron chi connectivity index (χ3n) is 6.76. The van der Waals surface area contributed by atoms with E-state index in [-0.39, 0.29) is 5.92 Å². The maximum Gasteiger partial charge on any atom is 0.306 e. The molecule has 2 unspecified atom stereocenters. The van der Waals surface area contributed by atoms with E-state index in [0.717, 1.165) is 51.6 Å². The van der Waals surface area contributed by atoms with Gasteiger partial charge in [-0.25, -0.2) is 0 Å². The van der Waals surface area contributed by atoms with Crippen molar-refractivity contribution in [1.29, 1.82) is 0 Å². The Hall–Kier alpha value is -2.33. The summed E-state index contributed by atoms with van der Waals surface area (Å²) in [6, 6.07) is 18.0. The number of nitrogens with zero attached hydrogens (tertiary/aromatic N) is 1. The van der Waals surface area contributed by atoms with E-state index in [2.05, 4.69) is 65.7 Å². The highest BCUT2D eigenvalue weighted by atomic mass is 16.4. The molecule has 2 aromatic carbocycles. The van der Waals surface area contributed by atoms with Gasteiger partial charge < -0.3 is 15.3 Å². The van der Waals surface area contributed by atoms with Crippen LogP contribution in [0.15, 0.2) is 48.5 Å². The first-order valence-electron chi connectivity index (χ1n) is 11.0. The predicted molar refractivity (Wildman–Crippen MR) is 118 cm³/mol. The van der Waals surface area contributed by atoms with Crippen molar-refractivity contribution in [3.63, 3.8) is 0 Å².